The van der Waals surface area contributed by atoms with Gasteiger partial charge in [-0.2, -0.15) is 0 Å². The standard InChI is InChI=1S/C13H23N3O5/c1-13(2,3)12(21)15-6-4-5-10(18)16-8(11(19)20)7-9(14)17/h8H,4-7H2,1-3H3,(H2,14,17)(H,15,21)(H,16,18)(H,19,20)/t8-/m1/s1. The Morgan fingerprint density at radius 1 is 1.19 bits per heavy atom. The Hall–Kier alpha value is -2.12. The van der Waals surface area contributed by atoms with Crippen molar-refractivity contribution in [3.05, 3.63) is 0 Å². The lowest BCUT2D eigenvalue weighted by Gasteiger charge is -2.17. The smallest absolute Gasteiger partial charge is 0.326 e. The van der Waals surface area contributed by atoms with Crippen LogP contribution < -0.4 is 16.4 Å². The van der Waals surface area contributed by atoms with E-state index in [2.05, 4.69) is 10.6 Å². The highest BCUT2D eigenvalue weighted by molar-refractivity contribution is 5.88. The van der Waals surface area contributed by atoms with Gasteiger partial charge in [0, 0.05) is 18.4 Å². The first-order chi connectivity index (χ1) is 9.54. The number of carbonyl (C=O) groups is 4. The molecule has 0 aliphatic carbocycles. The number of amides is 3. The Balaban J connectivity index is 4.07. The number of carboxylic acids is 1. The molecule has 0 bridgehead atoms. The molecule has 0 aromatic rings. The van der Waals surface area contributed by atoms with Crippen LogP contribution in [-0.2, 0) is 19.2 Å². The lowest BCUT2D eigenvalue weighted by Crippen LogP contribution is -2.43. The SMILES string of the molecule is CC(C)(C)C(=O)NCCCC(=O)N[C@H](CC(N)=O)C(=O)O. The number of nitrogens with one attached hydrogen (secondary N) is 2. The third-order valence-corrected chi connectivity index (χ3v) is 2.59. The summed E-state index contributed by atoms with van der Waals surface area (Å²) in [6.45, 7) is 5.64. The van der Waals surface area contributed by atoms with Crippen LogP contribution >= 0.6 is 0 Å². The predicted octanol–water partition coefficient (Wildman–Crippen LogP) is -0.626. The molecule has 5 N–H and O–H groups in total. The van der Waals surface area contributed by atoms with E-state index in [1.54, 1.807) is 20.8 Å². The van der Waals surface area contributed by atoms with Crippen LogP contribution in [0.25, 0.3) is 0 Å². The molecule has 0 aromatic heterocycles. The summed E-state index contributed by atoms with van der Waals surface area (Å²) >= 11 is 0. The molecule has 0 saturated heterocycles. The Labute approximate surface area is 123 Å². The van der Waals surface area contributed by atoms with Crippen LogP contribution in [0.2, 0.25) is 0 Å². The summed E-state index contributed by atoms with van der Waals surface area (Å²) in [7, 11) is 0. The van der Waals surface area contributed by atoms with E-state index in [9.17, 15) is 19.2 Å². The van der Waals surface area contributed by atoms with Crippen LogP contribution in [0.1, 0.15) is 40.0 Å². The van der Waals surface area contributed by atoms with Crippen molar-refractivity contribution in [3.63, 3.8) is 0 Å². The van der Waals surface area contributed by atoms with Gasteiger partial charge in [-0.15, -0.1) is 0 Å². The summed E-state index contributed by atoms with van der Waals surface area (Å²) in [4.78, 5) is 44.6. The van der Waals surface area contributed by atoms with E-state index in [1.165, 1.54) is 0 Å². The maximum Gasteiger partial charge on any atom is 0.326 e. The predicted molar refractivity (Wildman–Crippen MR) is 75.1 cm³/mol. The third kappa shape index (κ3) is 8.61. The molecule has 0 aliphatic heterocycles. The van der Waals surface area contributed by atoms with Crippen molar-refractivity contribution in [1.82, 2.24) is 10.6 Å². The molecule has 0 rings (SSSR count). The number of hydrogen-bond acceptors (Lipinski definition) is 4. The number of primary amides is 1. The van der Waals surface area contributed by atoms with E-state index >= 15 is 0 Å². The van der Waals surface area contributed by atoms with Gasteiger partial charge < -0.3 is 21.5 Å². The number of rotatable bonds is 8. The highest BCUT2D eigenvalue weighted by atomic mass is 16.4. The summed E-state index contributed by atoms with van der Waals surface area (Å²) in [6.07, 6.45) is -0.0363. The minimum atomic E-state index is -1.32. The number of carboxylic acid groups (broad SMARTS) is 1. The Bertz CT molecular complexity index is 415. The van der Waals surface area contributed by atoms with Gasteiger partial charge in [0.2, 0.25) is 17.7 Å². The molecular formula is C13H23N3O5. The van der Waals surface area contributed by atoms with Crippen LogP contribution in [0.15, 0.2) is 0 Å². The van der Waals surface area contributed by atoms with E-state index < -0.39 is 35.7 Å². The second kappa shape index (κ2) is 8.23. The van der Waals surface area contributed by atoms with Gasteiger partial charge in [0.25, 0.3) is 0 Å². The Morgan fingerprint density at radius 3 is 2.19 bits per heavy atom. The normalized spacial score (nSPS) is 12.3. The van der Waals surface area contributed by atoms with Crippen LogP contribution in [-0.4, -0.2) is 41.4 Å². The molecule has 0 heterocycles. The third-order valence-electron chi connectivity index (χ3n) is 2.59. The highest BCUT2D eigenvalue weighted by Crippen LogP contribution is 2.12. The van der Waals surface area contributed by atoms with Gasteiger partial charge in [-0.3, -0.25) is 14.4 Å². The fraction of sp³-hybridized carbons (Fsp3) is 0.692. The lowest BCUT2D eigenvalue weighted by atomic mass is 9.96. The first kappa shape index (κ1) is 18.9. The minimum Gasteiger partial charge on any atom is -0.480 e. The molecule has 3 amide bonds. The zero-order chi connectivity index (χ0) is 16.6. The molecule has 0 spiro atoms. The van der Waals surface area contributed by atoms with Gasteiger partial charge in [-0.05, 0) is 6.42 Å². The summed E-state index contributed by atoms with van der Waals surface area (Å²) in [6, 6.07) is -1.32. The van der Waals surface area contributed by atoms with Crippen molar-refractivity contribution in [2.24, 2.45) is 11.1 Å². The fourth-order valence-corrected chi connectivity index (χ4v) is 1.38. The molecule has 0 unspecified atom stereocenters. The fourth-order valence-electron chi connectivity index (χ4n) is 1.38. The summed E-state index contributed by atoms with van der Waals surface area (Å²) in [5.74, 6) is -2.75. The number of carbonyl (C=O) groups excluding carboxylic acids is 3. The average molecular weight is 301 g/mol. The van der Waals surface area contributed by atoms with Gasteiger partial charge in [-0.1, -0.05) is 20.8 Å². The van der Waals surface area contributed by atoms with Crippen LogP contribution in [0, 0.1) is 5.41 Å². The van der Waals surface area contributed by atoms with Crippen molar-refractivity contribution >= 4 is 23.7 Å². The number of aliphatic carboxylic acids is 1. The van der Waals surface area contributed by atoms with E-state index in [-0.39, 0.29) is 12.3 Å². The quantitative estimate of drug-likeness (QED) is 0.442. The molecule has 8 heteroatoms. The summed E-state index contributed by atoms with van der Waals surface area (Å²) < 4.78 is 0. The van der Waals surface area contributed by atoms with E-state index in [4.69, 9.17) is 10.8 Å². The van der Waals surface area contributed by atoms with Crippen molar-refractivity contribution in [3.8, 4) is 0 Å². The summed E-state index contributed by atoms with van der Waals surface area (Å²) in [5, 5.41) is 13.7. The van der Waals surface area contributed by atoms with Crippen molar-refractivity contribution in [2.45, 2.75) is 46.1 Å². The first-order valence-electron chi connectivity index (χ1n) is 6.63. The van der Waals surface area contributed by atoms with Crippen LogP contribution in [0.3, 0.4) is 0 Å². The minimum absolute atomic E-state index is 0.0486. The van der Waals surface area contributed by atoms with Gasteiger partial charge in [0.15, 0.2) is 0 Å². The first-order valence-corrected chi connectivity index (χ1v) is 6.63. The maximum atomic E-state index is 11.6. The van der Waals surface area contributed by atoms with E-state index in [0.717, 1.165) is 0 Å². The molecule has 8 nitrogen and oxygen atoms in total. The largest absolute Gasteiger partial charge is 0.480 e. The Morgan fingerprint density at radius 2 is 1.76 bits per heavy atom. The molecule has 0 aliphatic rings. The average Bonchev–Trinajstić information content (AvgIpc) is 2.31. The van der Waals surface area contributed by atoms with Crippen molar-refractivity contribution in [2.75, 3.05) is 6.54 Å². The lowest BCUT2D eigenvalue weighted by molar-refractivity contribution is -0.143. The Kier molecular flexibility index (Phi) is 7.40. The van der Waals surface area contributed by atoms with Gasteiger partial charge in [0.1, 0.15) is 6.04 Å². The van der Waals surface area contributed by atoms with Crippen molar-refractivity contribution in [1.29, 1.82) is 0 Å². The van der Waals surface area contributed by atoms with Crippen LogP contribution in [0.5, 0.6) is 0 Å². The van der Waals surface area contributed by atoms with Gasteiger partial charge >= 0.3 is 5.97 Å². The zero-order valence-electron chi connectivity index (χ0n) is 12.6. The molecule has 0 aromatic carbocycles. The monoisotopic (exact) mass is 301 g/mol. The molecule has 1 atom stereocenters. The molecule has 0 fully saturated rings. The second-order valence-corrected chi connectivity index (χ2v) is 5.74. The molecule has 21 heavy (non-hydrogen) atoms. The topological polar surface area (TPSA) is 139 Å². The molecular weight excluding hydrogens is 278 g/mol. The second-order valence-electron chi connectivity index (χ2n) is 5.74. The highest BCUT2D eigenvalue weighted by Gasteiger charge is 2.22. The maximum absolute atomic E-state index is 11.6. The van der Waals surface area contributed by atoms with Crippen molar-refractivity contribution < 1.29 is 24.3 Å². The van der Waals surface area contributed by atoms with Gasteiger partial charge in [0.05, 0.1) is 6.42 Å². The molecule has 0 radical (unpaired) electrons. The molecule has 0 saturated carbocycles. The van der Waals surface area contributed by atoms with E-state index in [1.807, 2.05) is 0 Å². The number of hydrogen-bond donors (Lipinski definition) is 4. The zero-order valence-corrected chi connectivity index (χ0v) is 12.6. The summed E-state index contributed by atoms with van der Waals surface area (Å²) in [5.41, 5.74) is 4.40. The van der Waals surface area contributed by atoms with E-state index in [0.29, 0.717) is 13.0 Å². The van der Waals surface area contributed by atoms with Crippen LogP contribution in [0.4, 0.5) is 0 Å². The van der Waals surface area contributed by atoms with Gasteiger partial charge in [-0.25, -0.2) is 4.79 Å². The molecule has 120 valence electrons. The number of nitrogens with two attached hydrogens (primary N) is 1.